The topological polar surface area (TPSA) is 29.5 Å². The third kappa shape index (κ3) is 3.06. The summed E-state index contributed by atoms with van der Waals surface area (Å²) in [4.78, 5) is 1.36. The van der Waals surface area contributed by atoms with Crippen LogP contribution in [0, 0.1) is 0 Å². The first kappa shape index (κ1) is 12.1. The van der Waals surface area contributed by atoms with Crippen LogP contribution < -0.4 is 0 Å². The second kappa shape index (κ2) is 4.86. The van der Waals surface area contributed by atoms with E-state index in [1.54, 1.807) is 11.3 Å². The minimum atomic E-state index is -0.527. The maximum Gasteiger partial charge on any atom is 0.0700 e. The van der Waals surface area contributed by atoms with Crippen molar-refractivity contribution < 1.29 is 9.84 Å². The first-order valence-corrected chi connectivity index (χ1v) is 6.86. The molecule has 1 fully saturated rings. The lowest BCUT2D eigenvalue weighted by atomic mass is 9.84. The molecule has 0 spiro atoms. The van der Waals surface area contributed by atoms with Gasteiger partial charge in [0.1, 0.15) is 0 Å². The highest BCUT2D eigenvalue weighted by molar-refractivity contribution is 7.09. The van der Waals surface area contributed by atoms with Gasteiger partial charge in [-0.2, -0.15) is 0 Å². The standard InChI is InChI=1S/C13H20O2S/c1-10-8-13(14,9-11(2)15-10)6-5-12-4-3-7-16-12/h3-4,7,10-11,14H,5-6,8-9H2,1-2H3. The highest BCUT2D eigenvalue weighted by atomic mass is 32.1. The number of ether oxygens (including phenoxy) is 1. The van der Waals surface area contributed by atoms with E-state index in [1.807, 2.05) is 13.8 Å². The van der Waals surface area contributed by atoms with Crippen LogP contribution in [0.25, 0.3) is 0 Å². The second-order valence-corrected chi connectivity index (χ2v) is 6.00. The molecule has 90 valence electrons. The van der Waals surface area contributed by atoms with Crippen LogP contribution in [0.3, 0.4) is 0 Å². The van der Waals surface area contributed by atoms with Crippen LogP contribution in [0.5, 0.6) is 0 Å². The first-order chi connectivity index (χ1) is 7.57. The second-order valence-electron chi connectivity index (χ2n) is 4.97. The summed E-state index contributed by atoms with van der Waals surface area (Å²) in [7, 11) is 0. The highest BCUT2D eigenvalue weighted by Gasteiger charge is 2.36. The normalized spacial score (nSPS) is 35.2. The molecule has 2 nitrogen and oxygen atoms in total. The van der Waals surface area contributed by atoms with Gasteiger partial charge in [0.15, 0.2) is 0 Å². The van der Waals surface area contributed by atoms with Gasteiger partial charge in [-0.3, -0.25) is 0 Å². The third-order valence-corrected chi connectivity index (χ3v) is 4.15. The fourth-order valence-electron chi connectivity index (χ4n) is 2.66. The summed E-state index contributed by atoms with van der Waals surface area (Å²) in [6.45, 7) is 4.09. The highest BCUT2D eigenvalue weighted by Crippen LogP contribution is 2.32. The van der Waals surface area contributed by atoms with Crippen molar-refractivity contribution in [1.29, 1.82) is 0 Å². The Kier molecular flexibility index (Phi) is 3.67. The van der Waals surface area contributed by atoms with Crippen LogP contribution in [-0.4, -0.2) is 22.9 Å². The zero-order chi connectivity index (χ0) is 11.6. The predicted molar refractivity (Wildman–Crippen MR) is 66.8 cm³/mol. The van der Waals surface area contributed by atoms with E-state index in [4.69, 9.17) is 4.74 Å². The molecular weight excluding hydrogens is 220 g/mol. The van der Waals surface area contributed by atoms with Crippen molar-refractivity contribution in [3.05, 3.63) is 22.4 Å². The van der Waals surface area contributed by atoms with Gasteiger partial charge in [0.25, 0.3) is 0 Å². The van der Waals surface area contributed by atoms with E-state index in [2.05, 4.69) is 17.5 Å². The van der Waals surface area contributed by atoms with Crippen molar-refractivity contribution in [3.8, 4) is 0 Å². The molecule has 0 bridgehead atoms. The molecule has 1 aliphatic rings. The minimum absolute atomic E-state index is 0.178. The number of rotatable bonds is 3. The van der Waals surface area contributed by atoms with Crippen LogP contribution in [-0.2, 0) is 11.2 Å². The summed E-state index contributed by atoms with van der Waals surface area (Å²) < 4.78 is 5.66. The van der Waals surface area contributed by atoms with Crippen LogP contribution in [0.2, 0.25) is 0 Å². The summed E-state index contributed by atoms with van der Waals surface area (Å²) >= 11 is 1.77. The van der Waals surface area contributed by atoms with Crippen LogP contribution in [0.1, 0.15) is 38.0 Å². The zero-order valence-corrected chi connectivity index (χ0v) is 10.8. The van der Waals surface area contributed by atoms with Gasteiger partial charge >= 0.3 is 0 Å². The Morgan fingerprint density at radius 1 is 1.44 bits per heavy atom. The third-order valence-electron chi connectivity index (χ3n) is 3.22. The van der Waals surface area contributed by atoms with E-state index in [-0.39, 0.29) is 12.2 Å². The van der Waals surface area contributed by atoms with Gasteiger partial charge in [-0.15, -0.1) is 11.3 Å². The van der Waals surface area contributed by atoms with E-state index in [0.717, 1.165) is 25.7 Å². The predicted octanol–water partition coefficient (Wildman–Crippen LogP) is 3.00. The number of hydrogen-bond acceptors (Lipinski definition) is 3. The fourth-order valence-corrected chi connectivity index (χ4v) is 3.37. The van der Waals surface area contributed by atoms with E-state index >= 15 is 0 Å². The maximum atomic E-state index is 10.5. The molecule has 3 heteroatoms. The number of hydrogen-bond donors (Lipinski definition) is 1. The molecule has 2 atom stereocenters. The molecule has 0 saturated carbocycles. The van der Waals surface area contributed by atoms with Crippen LogP contribution >= 0.6 is 11.3 Å². The summed E-state index contributed by atoms with van der Waals surface area (Å²) in [6.07, 6.45) is 3.72. The fraction of sp³-hybridized carbons (Fsp3) is 0.692. The van der Waals surface area contributed by atoms with Crippen molar-refractivity contribution >= 4 is 11.3 Å². The van der Waals surface area contributed by atoms with Crippen molar-refractivity contribution in [2.45, 2.75) is 57.3 Å². The Balaban J connectivity index is 1.91. The summed E-state index contributed by atoms with van der Waals surface area (Å²) in [6, 6.07) is 4.21. The van der Waals surface area contributed by atoms with Crippen molar-refractivity contribution in [2.75, 3.05) is 0 Å². The molecule has 0 aromatic carbocycles. The molecule has 1 aromatic heterocycles. The van der Waals surface area contributed by atoms with Crippen molar-refractivity contribution in [3.63, 3.8) is 0 Å². The Morgan fingerprint density at radius 2 is 2.12 bits per heavy atom. The molecular formula is C13H20O2S. The molecule has 1 saturated heterocycles. The minimum Gasteiger partial charge on any atom is -0.390 e. The Morgan fingerprint density at radius 3 is 2.69 bits per heavy atom. The SMILES string of the molecule is CC1CC(O)(CCc2cccs2)CC(C)O1. The quantitative estimate of drug-likeness (QED) is 0.880. The molecule has 16 heavy (non-hydrogen) atoms. The van der Waals surface area contributed by atoms with Gasteiger partial charge in [0.2, 0.25) is 0 Å². The lowest BCUT2D eigenvalue weighted by Crippen LogP contribution is -2.43. The van der Waals surface area contributed by atoms with E-state index in [1.165, 1.54) is 4.88 Å². The molecule has 0 aliphatic carbocycles. The van der Waals surface area contributed by atoms with Gasteiger partial charge in [-0.05, 0) is 38.1 Å². The lowest BCUT2D eigenvalue weighted by molar-refractivity contribution is -0.134. The van der Waals surface area contributed by atoms with Gasteiger partial charge in [-0.25, -0.2) is 0 Å². The number of aliphatic hydroxyl groups is 1. The summed E-state index contributed by atoms with van der Waals surface area (Å²) in [5, 5.41) is 12.6. The zero-order valence-electron chi connectivity index (χ0n) is 9.98. The summed E-state index contributed by atoms with van der Waals surface area (Å²) in [5.41, 5.74) is -0.527. The average molecular weight is 240 g/mol. The van der Waals surface area contributed by atoms with Crippen LogP contribution in [0.4, 0.5) is 0 Å². The first-order valence-electron chi connectivity index (χ1n) is 5.98. The number of aryl methyl sites for hydroxylation is 1. The molecule has 2 unspecified atom stereocenters. The van der Waals surface area contributed by atoms with E-state index < -0.39 is 5.60 Å². The van der Waals surface area contributed by atoms with Crippen molar-refractivity contribution in [1.82, 2.24) is 0 Å². The smallest absolute Gasteiger partial charge is 0.0700 e. The average Bonchev–Trinajstić information content (AvgIpc) is 2.64. The van der Waals surface area contributed by atoms with Gasteiger partial charge < -0.3 is 9.84 Å². The largest absolute Gasteiger partial charge is 0.390 e. The van der Waals surface area contributed by atoms with Gasteiger partial charge in [0.05, 0.1) is 17.8 Å². The molecule has 0 amide bonds. The summed E-state index contributed by atoms with van der Waals surface area (Å²) in [5.74, 6) is 0. The number of thiophene rings is 1. The van der Waals surface area contributed by atoms with Gasteiger partial charge in [0, 0.05) is 17.7 Å². The molecule has 1 aliphatic heterocycles. The Hall–Kier alpha value is -0.380. The van der Waals surface area contributed by atoms with Crippen LogP contribution in [0.15, 0.2) is 17.5 Å². The van der Waals surface area contributed by atoms with Crippen molar-refractivity contribution in [2.24, 2.45) is 0 Å². The lowest BCUT2D eigenvalue weighted by Gasteiger charge is -2.39. The van der Waals surface area contributed by atoms with E-state index in [0.29, 0.717) is 0 Å². The Labute approximate surface area is 101 Å². The molecule has 2 rings (SSSR count). The van der Waals surface area contributed by atoms with E-state index in [9.17, 15) is 5.11 Å². The Bertz CT molecular complexity index is 311. The molecule has 0 radical (unpaired) electrons. The molecule has 1 aromatic rings. The maximum absolute atomic E-state index is 10.5. The monoisotopic (exact) mass is 240 g/mol. The van der Waals surface area contributed by atoms with Gasteiger partial charge in [-0.1, -0.05) is 6.07 Å². The molecule has 2 heterocycles. The molecule has 1 N–H and O–H groups in total.